The largest absolute Gasteiger partial charge is 0.508 e. The van der Waals surface area contributed by atoms with E-state index in [1.165, 1.54) is 0 Å². The van der Waals surface area contributed by atoms with Crippen LogP contribution in [0.1, 0.15) is 48.0 Å². The number of aromatic hydroxyl groups is 1. The molecule has 1 atom stereocenters. The van der Waals surface area contributed by atoms with E-state index in [2.05, 4.69) is 0 Å². The predicted octanol–water partition coefficient (Wildman–Crippen LogP) is 2.25. The van der Waals surface area contributed by atoms with Crippen molar-refractivity contribution in [1.82, 2.24) is 4.90 Å². The number of rotatable bonds is 1. The molecule has 1 aromatic rings. The summed E-state index contributed by atoms with van der Waals surface area (Å²) in [6, 6.07) is 4.68. The molecule has 1 fully saturated rings. The molecule has 4 heteroatoms. The highest BCUT2D eigenvalue weighted by molar-refractivity contribution is 6.02. The number of ketones is 1. The quantitative estimate of drug-likeness (QED) is 0.787. The van der Waals surface area contributed by atoms with Gasteiger partial charge in [-0.3, -0.25) is 9.59 Å². The summed E-state index contributed by atoms with van der Waals surface area (Å²) in [6.07, 6.45) is 4.29. The van der Waals surface area contributed by atoms with Crippen LogP contribution < -0.4 is 0 Å². The van der Waals surface area contributed by atoms with Crippen LogP contribution in [0.25, 0.3) is 0 Å². The van der Waals surface area contributed by atoms with Crippen molar-refractivity contribution in [2.75, 3.05) is 0 Å². The third kappa shape index (κ3) is 2.01. The van der Waals surface area contributed by atoms with Gasteiger partial charge in [0, 0.05) is 17.5 Å². The van der Waals surface area contributed by atoms with Gasteiger partial charge in [0.2, 0.25) is 0 Å². The Kier molecular flexibility index (Phi) is 3.01. The Hall–Kier alpha value is -1.84. The number of nitrogens with zero attached hydrogens (tertiary/aromatic N) is 1. The zero-order valence-corrected chi connectivity index (χ0v) is 10.8. The summed E-state index contributed by atoms with van der Waals surface area (Å²) in [5.74, 6) is 0.193. The van der Waals surface area contributed by atoms with Crippen molar-refractivity contribution >= 4 is 11.7 Å². The van der Waals surface area contributed by atoms with Crippen LogP contribution in [0, 0.1) is 0 Å². The smallest absolute Gasteiger partial charge is 0.255 e. The average molecular weight is 259 g/mol. The Balaban J connectivity index is 1.90. The number of hydrogen-bond donors (Lipinski definition) is 1. The van der Waals surface area contributed by atoms with Crippen LogP contribution in [-0.2, 0) is 11.3 Å². The van der Waals surface area contributed by atoms with Crippen LogP contribution in [0.15, 0.2) is 18.2 Å². The van der Waals surface area contributed by atoms with Gasteiger partial charge in [0.05, 0.1) is 12.6 Å². The van der Waals surface area contributed by atoms with E-state index < -0.39 is 0 Å². The molecule has 1 heterocycles. The maximum Gasteiger partial charge on any atom is 0.255 e. The van der Waals surface area contributed by atoms with Crippen LogP contribution >= 0.6 is 0 Å². The molecule has 4 nitrogen and oxygen atoms in total. The molecule has 2 aliphatic rings. The number of Topliss-reactive ketones (excluding diaryl/α,β-unsaturated/α-hetero) is 1. The molecule has 1 amide bonds. The molecule has 0 spiro atoms. The summed E-state index contributed by atoms with van der Waals surface area (Å²) in [4.78, 5) is 26.1. The maximum atomic E-state index is 12.4. The van der Waals surface area contributed by atoms with E-state index in [1.54, 1.807) is 23.1 Å². The Morgan fingerprint density at radius 2 is 2.00 bits per heavy atom. The highest BCUT2D eigenvalue weighted by Gasteiger charge is 2.37. The fourth-order valence-corrected chi connectivity index (χ4v) is 3.06. The fourth-order valence-electron chi connectivity index (χ4n) is 3.06. The Morgan fingerprint density at radius 1 is 1.16 bits per heavy atom. The normalized spacial score (nSPS) is 23.4. The van der Waals surface area contributed by atoms with Crippen molar-refractivity contribution < 1.29 is 14.7 Å². The summed E-state index contributed by atoms with van der Waals surface area (Å²) in [7, 11) is 0. The summed E-state index contributed by atoms with van der Waals surface area (Å²) >= 11 is 0. The van der Waals surface area contributed by atoms with E-state index in [4.69, 9.17) is 0 Å². The highest BCUT2D eigenvalue weighted by atomic mass is 16.3. The number of amides is 1. The van der Waals surface area contributed by atoms with E-state index in [0.29, 0.717) is 24.1 Å². The lowest BCUT2D eigenvalue weighted by atomic mass is 10.1. The second-order valence-electron chi connectivity index (χ2n) is 5.32. The first kappa shape index (κ1) is 12.2. The highest BCUT2D eigenvalue weighted by Crippen LogP contribution is 2.33. The topological polar surface area (TPSA) is 57.6 Å². The van der Waals surface area contributed by atoms with Gasteiger partial charge in [-0.2, -0.15) is 0 Å². The number of fused-ring (bicyclic) bond motifs is 1. The lowest BCUT2D eigenvalue weighted by Crippen LogP contribution is -2.40. The monoisotopic (exact) mass is 259 g/mol. The second kappa shape index (κ2) is 4.68. The Bertz CT molecular complexity index is 538. The minimum absolute atomic E-state index is 0.119. The van der Waals surface area contributed by atoms with Crippen molar-refractivity contribution in [3.63, 3.8) is 0 Å². The SMILES string of the molecule is O=C1CCCCC[C@@H]1N1Cc2c(O)cccc2C1=O. The molecule has 1 aliphatic carbocycles. The molecular weight excluding hydrogens is 242 g/mol. The fraction of sp³-hybridized carbons (Fsp3) is 0.467. The first-order valence-corrected chi connectivity index (χ1v) is 6.83. The molecule has 1 aromatic carbocycles. The van der Waals surface area contributed by atoms with Crippen LogP contribution in [0.2, 0.25) is 0 Å². The summed E-state index contributed by atoms with van der Waals surface area (Å²) < 4.78 is 0. The summed E-state index contributed by atoms with van der Waals surface area (Å²) in [6.45, 7) is 0.358. The number of benzene rings is 1. The molecule has 19 heavy (non-hydrogen) atoms. The zero-order chi connectivity index (χ0) is 13.4. The van der Waals surface area contributed by atoms with Gasteiger partial charge in [-0.1, -0.05) is 18.9 Å². The first-order valence-electron chi connectivity index (χ1n) is 6.83. The van der Waals surface area contributed by atoms with Gasteiger partial charge >= 0.3 is 0 Å². The van der Waals surface area contributed by atoms with Gasteiger partial charge in [-0.05, 0) is 25.0 Å². The molecule has 0 radical (unpaired) electrons. The van der Waals surface area contributed by atoms with E-state index in [9.17, 15) is 14.7 Å². The third-order valence-electron chi connectivity index (χ3n) is 4.12. The molecule has 0 bridgehead atoms. The van der Waals surface area contributed by atoms with Crippen molar-refractivity contribution in [3.05, 3.63) is 29.3 Å². The molecular formula is C15H17NO3. The second-order valence-corrected chi connectivity index (χ2v) is 5.32. The van der Waals surface area contributed by atoms with E-state index >= 15 is 0 Å². The maximum absolute atomic E-state index is 12.4. The van der Waals surface area contributed by atoms with Crippen LogP contribution in [0.4, 0.5) is 0 Å². The number of carbonyl (C=O) groups is 2. The van der Waals surface area contributed by atoms with Gasteiger partial charge in [0.1, 0.15) is 5.75 Å². The molecule has 100 valence electrons. The lowest BCUT2D eigenvalue weighted by Gasteiger charge is -2.25. The minimum atomic E-state index is -0.304. The van der Waals surface area contributed by atoms with E-state index in [1.807, 2.05) is 0 Å². The first-order chi connectivity index (χ1) is 9.18. The van der Waals surface area contributed by atoms with Crippen LogP contribution in [0.3, 0.4) is 0 Å². The van der Waals surface area contributed by atoms with Gasteiger partial charge < -0.3 is 10.0 Å². The van der Waals surface area contributed by atoms with Crippen molar-refractivity contribution in [3.8, 4) is 5.75 Å². The average Bonchev–Trinajstić information content (AvgIpc) is 2.59. The van der Waals surface area contributed by atoms with Gasteiger partial charge in [-0.25, -0.2) is 0 Å². The number of phenols is 1. The predicted molar refractivity (Wildman–Crippen MR) is 69.9 cm³/mol. The van der Waals surface area contributed by atoms with Gasteiger partial charge in [0.25, 0.3) is 5.91 Å². The summed E-state index contributed by atoms with van der Waals surface area (Å²) in [5, 5.41) is 9.82. The van der Waals surface area contributed by atoms with Gasteiger partial charge in [0.15, 0.2) is 5.78 Å². The summed E-state index contributed by atoms with van der Waals surface area (Å²) in [5.41, 5.74) is 1.20. The molecule has 1 aliphatic heterocycles. The van der Waals surface area contributed by atoms with Crippen molar-refractivity contribution in [2.24, 2.45) is 0 Å². The van der Waals surface area contributed by atoms with Crippen molar-refractivity contribution in [2.45, 2.75) is 44.7 Å². The number of carbonyl (C=O) groups excluding carboxylic acids is 2. The molecule has 0 unspecified atom stereocenters. The Labute approximate surface area is 112 Å². The van der Waals surface area contributed by atoms with Crippen LogP contribution in [-0.4, -0.2) is 27.7 Å². The number of phenolic OH excluding ortho intramolecular Hbond substituents is 1. The minimum Gasteiger partial charge on any atom is -0.508 e. The zero-order valence-electron chi connectivity index (χ0n) is 10.8. The van der Waals surface area contributed by atoms with Gasteiger partial charge in [-0.15, -0.1) is 0 Å². The molecule has 3 rings (SSSR count). The van der Waals surface area contributed by atoms with E-state index in [0.717, 1.165) is 25.7 Å². The number of hydrogen-bond acceptors (Lipinski definition) is 3. The molecule has 1 N–H and O–H groups in total. The Morgan fingerprint density at radius 3 is 2.79 bits per heavy atom. The van der Waals surface area contributed by atoms with E-state index in [-0.39, 0.29) is 23.5 Å². The van der Waals surface area contributed by atoms with Crippen LogP contribution in [0.5, 0.6) is 5.75 Å². The molecule has 0 aromatic heterocycles. The lowest BCUT2D eigenvalue weighted by molar-refractivity contribution is -0.123. The van der Waals surface area contributed by atoms with Crippen molar-refractivity contribution in [1.29, 1.82) is 0 Å². The standard InChI is InChI=1S/C15H17NO3/c17-13-8-4-5-10-11(13)9-16(15(10)19)12-6-2-1-3-7-14(12)18/h4-5,8,12,17H,1-3,6-7,9H2/t12-/m0/s1. The molecule has 0 saturated heterocycles. The third-order valence-corrected chi connectivity index (χ3v) is 4.12. The molecule has 1 saturated carbocycles.